The minimum atomic E-state index is -4.94. The first-order chi connectivity index (χ1) is 15.7. The van der Waals surface area contributed by atoms with Crippen LogP contribution in [0.25, 0.3) is 0 Å². The molecule has 0 saturated carbocycles. The van der Waals surface area contributed by atoms with Crippen molar-refractivity contribution in [1.29, 1.82) is 0 Å². The van der Waals surface area contributed by atoms with Crippen LogP contribution in [0.4, 0.5) is 18.9 Å². The Balaban J connectivity index is 2.23. The molecule has 1 unspecified atom stereocenters. The van der Waals surface area contributed by atoms with Crippen molar-refractivity contribution in [2.45, 2.75) is 58.1 Å². The number of nitrogens with one attached hydrogen (secondary N) is 1. The lowest BCUT2D eigenvalue weighted by molar-refractivity contribution is -0.138. The Labute approximate surface area is 195 Å². The number of hydrogen-bond acceptors (Lipinski definition) is 7. The van der Waals surface area contributed by atoms with E-state index >= 15 is 0 Å². The van der Waals surface area contributed by atoms with Gasteiger partial charge in [0.15, 0.2) is 0 Å². The van der Waals surface area contributed by atoms with Crippen LogP contribution in [0.15, 0.2) is 34.1 Å². The highest BCUT2D eigenvalue weighted by Crippen LogP contribution is 2.32. The Kier molecular flexibility index (Phi) is 8.83. The molecule has 0 aliphatic heterocycles. The number of anilines is 1. The first-order valence-electron chi connectivity index (χ1n) is 10.5. The van der Waals surface area contributed by atoms with E-state index in [-0.39, 0.29) is 12.1 Å². The number of carbonyl (C=O) groups excluding carboxylic acids is 1. The molecular formula is C21H29F3N4O5Si. The summed E-state index contributed by atoms with van der Waals surface area (Å²) in [6, 6.07) is 2.52. The fourth-order valence-corrected chi connectivity index (χ4v) is 3.77. The largest absolute Gasteiger partial charge is 0.465 e. The van der Waals surface area contributed by atoms with E-state index in [0.29, 0.717) is 11.3 Å². The second kappa shape index (κ2) is 11.0. The van der Waals surface area contributed by atoms with Crippen molar-refractivity contribution in [2.24, 2.45) is 0 Å². The summed E-state index contributed by atoms with van der Waals surface area (Å²) in [4.78, 5) is 36.3. The quantitative estimate of drug-likeness (QED) is 0.303. The zero-order valence-corrected chi connectivity index (χ0v) is 20.7. The molecule has 34 heavy (non-hydrogen) atoms. The Morgan fingerprint density at radius 3 is 2.50 bits per heavy atom. The minimum absolute atomic E-state index is 0.0795. The van der Waals surface area contributed by atoms with Gasteiger partial charge in [-0.1, -0.05) is 19.6 Å². The van der Waals surface area contributed by atoms with Gasteiger partial charge in [0.2, 0.25) is 0 Å². The lowest BCUT2D eigenvalue weighted by Gasteiger charge is -2.20. The van der Waals surface area contributed by atoms with Gasteiger partial charge in [-0.25, -0.2) is 9.48 Å². The average molecular weight is 503 g/mol. The number of carbonyl (C=O) groups is 1. The normalized spacial score (nSPS) is 12.9. The number of ether oxygens (including phenoxy) is 2. The molecule has 2 aromatic heterocycles. The number of alkyl halides is 3. The smallest absolute Gasteiger partial charge is 0.423 e. The number of rotatable bonds is 10. The van der Waals surface area contributed by atoms with Gasteiger partial charge in [-0.3, -0.25) is 9.59 Å². The van der Waals surface area contributed by atoms with E-state index in [9.17, 15) is 27.6 Å². The Morgan fingerprint density at radius 2 is 1.91 bits per heavy atom. The third-order valence-corrected chi connectivity index (χ3v) is 6.52. The summed E-state index contributed by atoms with van der Waals surface area (Å²) in [6.45, 7) is 7.77. The number of methoxy groups -OCH3 is 1. The molecule has 0 saturated heterocycles. The Hall–Kier alpha value is -2.93. The van der Waals surface area contributed by atoms with Gasteiger partial charge in [0.25, 0.3) is 11.1 Å². The highest BCUT2D eigenvalue weighted by atomic mass is 28.3. The van der Waals surface area contributed by atoms with Crippen LogP contribution in [-0.2, 0) is 28.9 Å². The SMILES string of the molecule is COC(=O)c1ccc(=O)n(CC(C)Nc2cnn(COCC[Si](C)(C)C)c(=O)c2C(F)(F)F)c1. The summed E-state index contributed by atoms with van der Waals surface area (Å²) >= 11 is 0. The van der Waals surface area contributed by atoms with E-state index in [1.807, 2.05) is 0 Å². The molecule has 13 heteroatoms. The van der Waals surface area contributed by atoms with Crippen molar-refractivity contribution < 1.29 is 27.4 Å². The van der Waals surface area contributed by atoms with Crippen molar-refractivity contribution in [3.63, 3.8) is 0 Å². The fourth-order valence-electron chi connectivity index (χ4n) is 3.01. The summed E-state index contributed by atoms with van der Waals surface area (Å²) < 4.78 is 53.0. The molecule has 2 rings (SSSR count). The molecular weight excluding hydrogens is 473 g/mol. The molecule has 2 aromatic rings. The zero-order valence-electron chi connectivity index (χ0n) is 19.7. The maximum Gasteiger partial charge on any atom is 0.423 e. The van der Waals surface area contributed by atoms with Crippen LogP contribution in [0, 0.1) is 0 Å². The van der Waals surface area contributed by atoms with Gasteiger partial charge in [0.1, 0.15) is 12.3 Å². The number of aromatic nitrogens is 3. The van der Waals surface area contributed by atoms with Crippen LogP contribution in [0.2, 0.25) is 25.7 Å². The molecule has 188 valence electrons. The highest BCUT2D eigenvalue weighted by Gasteiger charge is 2.38. The van der Waals surface area contributed by atoms with Crippen LogP contribution in [0.3, 0.4) is 0 Å². The van der Waals surface area contributed by atoms with Crippen molar-refractivity contribution in [3.8, 4) is 0 Å². The van der Waals surface area contributed by atoms with Gasteiger partial charge in [0, 0.05) is 39.5 Å². The van der Waals surface area contributed by atoms with Crippen molar-refractivity contribution in [1.82, 2.24) is 14.3 Å². The molecule has 0 amide bonds. The first-order valence-corrected chi connectivity index (χ1v) is 14.2. The van der Waals surface area contributed by atoms with Crippen LogP contribution < -0.4 is 16.4 Å². The maximum atomic E-state index is 13.7. The second-order valence-electron chi connectivity index (χ2n) is 9.03. The second-order valence-corrected chi connectivity index (χ2v) is 14.7. The topological polar surface area (TPSA) is 104 Å². The molecule has 0 spiro atoms. The number of nitrogens with zero attached hydrogens (tertiary/aromatic N) is 3. The summed E-state index contributed by atoms with van der Waals surface area (Å²) in [5.74, 6) is -0.659. The third kappa shape index (κ3) is 7.55. The lowest BCUT2D eigenvalue weighted by Crippen LogP contribution is -2.35. The molecule has 0 radical (unpaired) electrons. The van der Waals surface area contributed by atoms with E-state index in [1.54, 1.807) is 0 Å². The molecule has 0 aliphatic carbocycles. The molecule has 0 fully saturated rings. The maximum absolute atomic E-state index is 13.7. The van der Waals surface area contributed by atoms with E-state index < -0.39 is 55.4 Å². The monoisotopic (exact) mass is 502 g/mol. The van der Waals surface area contributed by atoms with Gasteiger partial charge in [0.05, 0.1) is 24.6 Å². The lowest BCUT2D eigenvalue weighted by atomic mass is 10.2. The Bertz CT molecular complexity index is 1130. The van der Waals surface area contributed by atoms with E-state index in [0.717, 1.165) is 22.9 Å². The van der Waals surface area contributed by atoms with E-state index in [1.165, 1.54) is 26.3 Å². The Morgan fingerprint density at radius 1 is 1.24 bits per heavy atom. The van der Waals surface area contributed by atoms with Crippen molar-refractivity contribution in [3.05, 3.63) is 56.4 Å². The molecule has 0 bridgehead atoms. The summed E-state index contributed by atoms with van der Waals surface area (Å²) in [5.41, 5.74) is -3.59. The standard InChI is InChI=1S/C21H29F3N4O5Si/c1-14(11-27-12-15(20(31)32-2)6-7-17(27)29)26-16-10-25-28(13-33-8-9-34(3,4)5)19(30)18(16)21(22,23)24/h6-7,10,12,14,26H,8-9,11,13H2,1-5H3. The molecule has 9 nitrogen and oxygen atoms in total. The summed E-state index contributed by atoms with van der Waals surface area (Å²) in [7, 11) is -0.211. The molecule has 2 heterocycles. The van der Waals surface area contributed by atoms with Crippen LogP contribution >= 0.6 is 0 Å². The van der Waals surface area contributed by atoms with Gasteiger partial charge in [-0.05, 0) is 19.0 Å². The molecule has 0 aromatic carbocycles. The molecule has 0 aliphatic rings. The van der Waals surface area contributed by atoms with Crippen LogP contribution in [0.1, 0.15) is 22.8 Å². The molecule has 1 N–H and O–H groups in total. The number of esters is 1. The number of pyridine rings is 1. The average Bonchev–Trinajstić information content (AvgIpc) is 2.71. The zero-order chi connectivity index (χ0) is 25.7. The molecule has 1 atom stereocenters. The van der Waals surface area contributed by atoms with Crippen LogP contribution in [-0.4, -0.2) is 48.1 Å². The number of hydrogen-bond donors (Lipinski definition) is 1. The predicted octanol–water partition coefficient (Wildman–Crippen LogP) is 3.02. The fraction of sp³-hybridized carbons (Fsp3) is 0.524. The summed E-state index contributed by atoms with van der Waals surface area (Å²) in [6.07, 6.45) is -2.77. The van der Waals surface area contributed by atoms with Crippen molar-refractivity contribution >= 4 is 19.7 Å². The number of halogens is 3. The van der Waals surface area contributed by atoms with Crippen LogP contribution in [0.5, 0.6) is 0 Å². The predicted molar refractivity (Wildman–Crippen MR) is 123 cm³/mol. The highest BCUT2D eigenvalue weighted by molar-refractivity contribution is 6.76. The van der Waals surface area contributed by atoms with Gasteiger partial charge in [-0.15, -0.1) is 0 Å². The van der Waals surface area contributed by atoms with E-state index in [4.69, 9.17) is 4.74 Å². The first kappa shape index (κ1) is 27.3. The third-order valence-electron chi connectivity index (χ3n) is 4.81. The van der Waals surface area contributed by atoms with Gasteiger partial charge in [-0.2, -0.15) is 18.3 Å². The van der Waals surface area contributed by atoms with Gasteiger partial charge < -0.3 is 19.4 Å². The minimum Gasteiger partial charge on any atom is -0.465 e. The van der Waals surface area contributed by atoms with Crippen molar-refractivity contribution in [2.75, 3.05) is 19.0 Å². The van der Waals surface area contributed by atoms with E-state index in [2.05, 4.69) is 34.8 Å². The summed E-state index contributed by atoms with van der Waals surface area (Å²) in [5, 5.41) is 6.41. The van der Waals surface area contributed by atoms with Gasteiger partial charge >= 0.3 is 12.1 Å².